The fraction of sp³-hybridized carbons (Fsp3) is 0.0714. The van der Waals surface area contributed by atoms with Gasteiger partial charge in [-0.1, -0.05) is 41.9 Å². The number of benzene rings is 2. The standard InChI is InChI=1S/C14H10ClIO2/c15-11-6-7-12(13(16)8-11)14(17)18-9-10-4-2-1-3-5-10/h1-8H,9H2. The zero-order valence-corrected chi connectivity index (χ0v) is 12.3. The van der Waals surface area contributed by atoms with Gasteiger partial charge in [0.1, 0.15) is 6.61 Å². The largest absolute Gasteiger partial charge is 0.457 e. The van der Waals surface area contributed by atoms with Crippen molar-refractivity contribution in [1.82, 2.24) is 0 Å². The van der Waals surface area contributed by atoms with Gasteiger partial charge in [0.2, 0.25) is 0 Å². The minimum absolute atomic E-state index is 0.276. The average Bonchev–Trinajstić information content (AvgIpc) is 2.37. The van der Waals surface area contributed by atoms with E-state index in [1.165, 1.54) is 0 Å². The molecule has 0 radical (unpaired) electrons. The fourth-order valence-corrected chi connectivity index (χ4v) is 2.55. The van der Waals surface area contributed by atoms with Crippen LogP contribution < -0.4 is 0 Å². The van der Waals surface area contributed by atoms with Gasteiger partial charge in [0, 0.05) is 8.59 Å². The van der Waals surface area contributed by atoms with Crippen molar-refractivity contribution in [2.45, 2.75) is 6.61 Å². The van der Waals surface area contributed by atoms with E-state index in [1.807, 2.05) is 30.3 Å². The molecule has 0 aliphatic heterocycles. The molecule has 0 fully saturated rings. The van der Waals surface area contributed by atoms with Crippen molar-refractivity contribution in [2.24, 2.45) is 0 Å². The molecule has 18 heavy (non-hydrogen) atoms. The van der Waals surface area contributed by atoms with E-state index in [0.717, 1.165) is 9.13 Å². The number of ether oxygens (including phenoxy) is 1. The predicted octanol–water partition coefficient (Wildman–Crippen LogP) is 4.30. The molecule has 0 atom stereocenters. The molecule has 0 amide bonds. The van der Waals surface area contributed by atoms with E-state index in [4.69, 9.17) is 16.3 Å². The van der Waals surface area contributed by atoms with E-state index in [9.17, 15) is 4.79 Å². The SMILES string of the molecule is O=C(OCc1ccccc1)c1ccc(Cl)cc1I. The van der Waals surface area contributed by atoms with Gasteiger partial charge < -0.3 is 4.74 Å². The highest BCUT2D eigenvalue weighted by Crippen LogP contribution is 2.19. The van der Waals surface area contributed by atoms with Crippen molar-refractivity contribution in [1.29, 1.82) is 0 Å². The Morgan fingerprint density at radius 2 is 1.89 bits per heavy atom. The van der Waals surface area contributed by atoms with E-state index >= 15 is 0 Å². The summed E-state index contributed by atoms with van der Waals surface area (Å²) in [4.78, 5) is 11.9. The first kappa shape index (κ1) is 13.4. The van der Waals surface area contributed by atoms with Crippen LogP contribution in [-0.4, -0.2) is 5.97 Å². The Balaban J connectivity index is 2.04. The number of esters is 1. The Hall–Kier alpha value is -1.07. The molecule has 0 N–H and O–H groups in total. The molecule has 2 nitrogen and oxygen atoms in total. The maximum absolute atomic E-state index is 11.9. The van der Waals surface area contributed by atoms with E-state index in [1.54, 1.807) is 18.2 Å². The zero-order valence-electron chi connectivity index (χ0n) is 9.40. The molecule has 0 aliphatic carbocycles. The minimum atomic E-state index is -0.333. The van der Waals surface area contributed by atoms with E-state index < -0.39 is 0 Å². The number of rotatable bonds is 3. The Labute approximate surface area is 124 Å². The van der Waals surface area contributed by atoms with Crippen molar-refractivity contribution in [3.05, 3.63) is 68.3 Å². The van der Waals surface area contributed by atoms with Crippen LogP contribution in [0.2, 0.25) is 5.02 Å². The van der Waals surface area contributed by atoms with Crippen LogP contribution in [0.1, 0.15) is 15.9 Å². The van der Waals surface area contributed by atoms with Crippen molar-refractivity contribution in [3.8, 4) is 0 Å². The van der Waals surface area contributed by atoms with Gasteiger partial charge in [-0.25, -0.2) is 4.79 Å². The Bertz CT molecular complexity index is 555. The Morgan fingerprint density at radius 3 is 2.56 bits per heavy atom. The zero-order chi connectivity index (χ0) is 13.0. The first-order chi connectivity index (χ1) is 8.66. The molecular weight excluding hydrogens is 363 g/mol. The second-order valence-corrected chi connectivity index (χ2v) is 5.28. The number of carbonyl (C=O) groups is 1. The predicted molar refractivity (Wildman–Crippen MR) is 79.7 cm³/mol. The molecule has 2 rings (SSSR count). The van der Waals surface area contributed by atoms with Crippen molar-refractivity contribution < 1.29 is 9.53 Å². The van der Waals surface area contributed by atoms with Gasteiger partial charge in [-0.2, -0.15) is 0 Å². The van der Waals surface area contributed by atoms with Gasteiger partial charge in [-0.3, -0.25) is 0 Å². The summed E-state index contributed by atoms with van der Waals surface area (Å²) in [5, 5.41) is 0.610. The minimum Gasteiger partial charge on any atom is -0.457 e. The molecule has 2 aromatic rings. The van der Waals surface area contributed by atoms with E-state index in [-0.39, 0.29) is 12.6 Å². The quantitative estimate of drug-likeness (QED) is 0.593. The summed E-state index contributed by atoms with van der Waals surface area (Å²) in [6, 6.07) is 14.7. The number of carbonyl (C=O) groups excluding carboxylic acids is 1. The van der Waals surface area contributed by atoms with Crippen LogP contribution in [0.15, 0.2) is 48.5 Å². The molecule has 0 saturated carbocycles. The van der Waals surface area contributed by atoms with Gasteiger partial charge in [-0.15, -0.1) is 0 Å². The highest BCUT2D eigenvalue weighted by atomic mass is 127. The van der Waals surface area contributed by atoms with Crippen LogP contribution in [-0.2, 0) is 11.3 Å². The Kier molecular flexibility index (Phi) is 4.60. The summed E-state index contributed by atoms with van der Waals surface area (Å²) in [5.41, 5.74) is 1.51. The molecule has 0 saturated heterocycles. The summed E-state index contributed by atoms with van der Waals surface area (Å²) < 4.78 is 6.04. The lowest BCUT2D eigenvalue weighted by Crippen LogP contribution is -2.07. The lowest BCUT2D eigenvalue weighted by Gasteiger charge is -2.06. The summed E-state index contributed by atoms with van der Waals surface area (Å²) in [6.45, 7) is 0.276. The second kappa shape index (κ2) is 6.20. The van der Waals surface area contributed by atoms with Gasteiger partial charge in [0.05, 0.1) is 5.56 Å². The smallest absolute Gasteiger partial charge is 0.339 e. The number of hydrogen-bond acceptors (Lipinski definition) is 2. The van der Waals surface area contributed by atoms with Crippen LogP contribution in [0.5, 0.6) is 0 Å². The lowest BCUT2D eigenvalue weighted by molar-refractivity contribution is 0.0471. The molecule has 0 heterocycles. The molecule has 92 valence electrons. The number of halogens is 2. The van der Waals surface area contributed by atoms with Crippen LogP contribution >= 0.6 is 34.2 Å². The lowest BCUT2D eigenvalue weighted by atomic mass is 10.2. The number of hydrogen-bond donors (Lipinski definition) is 0. The topological polar surface area (TPSA) is 26.3 Å². The van der Waals surface area contributed by atoms with Gasteiger partial charge in [-0.05, 0) is 46.4 Å². The molecule has 0 bridgehead atoms. The molecular formula is C14H10ClIO2. The van der Waals surface area contributed by atoms with Crippen molar-refractivity contribution in [3.63, 3.8) is 0 Å². The van der Waals surface area contributed by atoms with E-state index in [2.05, 4.69) is 22.6 Å². The molecule has 4 heteroatoms. The third-order valence-electron chi connectivity index (χ3n) is 2.36. The van der Waals surface area contributed by atoms with Crippen LogP contribution in [0.25, 0.3) is 0 Å². The normalized spacial score (nSPS) is 10.1. The molecule has 2 aromatic carbocycles. The monoisotopic (exact) mass is 372 g/mol. The van der Waals surface area contributed by atoms with Gasteiger partial charge >= 0.3 is 5.97 Å². The maximum Gasteiger partial charge on any atom is 0.339 e. The first-order valence-electron chi connectivity index (χ1n) is 5.33. The fourth-order valence-electron chi connectivity index (χ4n) is 1.46. The third-order valence-corrected chi connectivity index (χ3v) is 3.49. The summed E-state index contributed by atoms with van der Waals surface area (Å²) in [6.07, 6.45) is 0. The summed E-state index contributed by atoms with van der Waals surface area (Å²) in [5.74, 6) is -0.333. The van der Waals surface area contributed by atoms with Crippen molar-refractivity contribution >= 4 is 40.2 Å². The van der Waals surface area contributed by atoms with Gasteiger partial charge in [0.15, 0.2) is 0 Å². The van der Waals surface area contributed by atoms with Crippen LogP contribution in [0.3, 0.4) is 0 Å². The maximum atomic E-state index is 11.9. The molecule has 0 spiro atoms. The first-order valence-corrected chi connectivity index (χ1v) is 6.78. The highest BCUT2D eigenvalue weighted by molar-refractivity contribution is 14.1. The third kappa shape index (κ3) is 3.46. The molecule has 0 unspecified atom stereocenters. The van der Waals surface area contributed by atoms with Gasteiger partial charge in [0.25, 0.3) is 0 Å². The van der Waals surface area contributed by atoms with Crippen LogP contribution in [0, 0.1) is 3.57 Å². The second-order valence-electron chi connectivity index (χ2n) is 3.69. The summed E-state index contributed by atoms with van der Waals surface area (Å²) in [7, 11) is 0. The summed E-state index contributed by atoms with van der Waals surface area (Å²) >= 11 is 7.91. The van der Waals surface area contributed by atoms with Crippen molar-refractivity contribution in [2.75, 3.05) is 0 Å². The van der Waals surface area contributed by atoms with Crippen LogP contribution in [0.4, 0.5) is 0 Å². The Morgan fingerprint density at radius 1 is 1.17 bits per heavy atom. The molecule has 0 aromatic heterocycles. The average molecular weight is 373 g/mol. The molecule has 0 aliphatic rings. The van der Waals surface area contributed by atoms with E-state index in [0.29, 0.717) is 10.6 Å². The highest BCUT2D eigenvalue weighted by Gasteiger charge is 2.11.